The van der Waals surface area contributed by atoms with Gasteiger partial charge in [0, 0.05) is 33.4 Å². The van der Waals surface area contributed by atoms with E-state index in [-0.39, 0.29) is 12.5 Å². The molecule has 5 aromatic rings. The molecule has 0 atom stereocenters. The van der Waals surface area contributed by atoms with Crippen molar-refractivity contribution in [3.8, 4) is 16.9 Å². The Balaban J connectivity index is 1.34. The average Bonchev–Trinajstić information content (AvgIpc) is 3.38. The third-order valence-electron chi connectivity index (χ3n) is 6.09. The molecule has 3 aromatic heterocycles. The number of carbonyl (C=O) groups is 1. The molecule has 188 valence electrons. The standard InChI is InChI=1S/C27H24Cl2N6O2/c1-16-12-24(33-34(16)14-19-4-7-20(28)13-23(19)29)31-25(36)15-35-27-26(17(2)32-35)22(10-11-30-27)18-5-8-21(37-3)9-6-18/h4-13H,14-15H2,1-3H3,(H,31,33,36). The molecule has 10 heteroatoms. The summed E-state index contributed by atoms with van der Waals surface area (Å²) in [7, 11) is 1.64. The van der Waals surface area contributed by atoms with E-state index in [1.165, 1.54) is 0 Å². The van der Waals surface area contributed by atoms with Gasteiger partial charge in [-0.1, -0.05) is 41.4 Å². The minimum atomic E-state index is -0.254. The Morgan fingerprint density at radius 3 is 2.51 bits per heavy atom. The molecule has 0 unspecified atom stereocenters. The van der Waals surface area contributed by atoms with Crippen LogP contribution >= 0.6 is 23.2 Å². The van der Waals surface area contributed by atoms with Crippen LogP contribution in [0.1, 0.15) is 17.0 Å². The quantitative estimate of drug-likeness (QED) is 0.280. The van der Waals surface area contributed by atoms with Gasteiger partial charge in [-0.05, 0) is 60.9 Å². The number of pyridine rings is 1. The fraction of sp³-hybridized carbons (Fsp3) is 0.185. The first-order chi connectivity index (χ1) is 17.8. The Kier molecular flexibility index (Phi) is 6.86. The predicted molar refractivity (Wildman–Crippen MR) is 145 cm³/mol. The van der Waals surface area contributed by atoms with E-state index in [1.807, 2.05) is 56.3 Å². The normalized spacial score (nSPS) is 11.2. The first-order valence-electron chi connectivity index (χ1n) is 11.6. The first kappa shape index (κ1) is 24.8. The van der Waals surface area contributed by atoms with Crippen molar-refractivity contribution in [3.05, 3.63) is 87.8 Å². The molecule has 0 aliphatic heterocycles. The maximum Gasteiger partial charge on any atom is 0.247 e. The van der Waals surface area contributed by atoms with Crippen LogP contribution in [0.4, 0.5) is 5.82 Å². The Labute approximate surface area is 223 Å². The van der Waals surface area contributed by atoms with Gasteiger partial charge in [0.1, 0.15) is 12.3 Å². The second kappa shape index (κ2) is 10.2. The molecule has 0 spiro atoms. The van der Waals surface area contributed by atoms with Crippen LogP contribution in [0.3, 0.4) is 0 Å². The summed E-state index contributed by atoms with van der Waals surface area (Å²) in [6, 6.07) is 16.9. The number of aromatic nitrogens is 5. The Morgan fingerprint density at radius 1 is 1.00 bits per heavy atom. The number of benzene rings is 2. The molecular weight excluding hydrogens is 511 g/mol. The van der Waals surface area contributed by atoms with Crippen molar-refractivity contribution in [3.63, 3.8) is 0 Å². The number of methoxy groups -OCH3 is 1. The van der Waals surface area contributed by atoms with Crippen molar-refractivity contribution < 1.29 is 9.53 Å². The third-order valence-corrected chi connectivity index (χ3v) is 6.67. The number of aryl methyl sites for hydroxylation is 2. The number of hydrogen-bond acceptors (Lipinski definition) is 5. The zero-order valence-corrected chi connectivity index (χ0v) is 22.0. The van der Waals surface area contributed by atoms with Gasteiger partial charge in [0.2, 0.25) is 5.91 Å². The van der Waals surface area contributed by atoms with E-state index >= 15 is 0 Å². The van der Waals surface area contributed by atoms with Gasteiger partial charge < -0.3 is 10.1 Å². The lowest BCUT2D eigenvalue weighted by molar-refractivity contribution is -0.116. The van der Waals surface area contributed by atoms with Gasteiger partial charge in [0.25, 0.3) is 0 Å². The summed E-state index contributed by atoms with van der Waals surface area (Å²) in [6.45, 7) is 4.29. The maximum absolute atomic E-state index is 12.9. The lowest BCUT2D eigenvalue weighted by Gasteiger charge is -2.07. The number of amides is 1. The lowest BCUT2D eigenvalue weighted by atomic mass is 10.0. The minimum absolute atomic E-state index is 0.00166. The Hall–Kier alpha value is -3.88. The molecule has 37 heavy (non-hydrogen) atoms. The van der Waals surface area contributed by atoms with Gasteiger partial charge in [0.15, 0.2) is 11.5 Å². The van der Waals surface area contributed by atoms with Gasteiger partial charge >= 0.3 is 0 Å². The zero-order valence-electron chi connectivity index (χ0n) is 20.5. The number of halogens is 2. The van der Waals surface area contributed by atoms with Gasteiger partial charge in [-0.25, -0.2) is 9.67 Å². The number of anilines is 1. The molecule has 0 fully saturated rings. The molecule has 2 aromatic carbocycles. The number of fused-ring (bicyclic) bond motifs is 1. The molecule has 1 N–H and O–H groups in total. The molecule has 0 aliphatic rings. The highest BCUT2D eigenvalue weighted by Crippen LogP contribution is 2.31. The number of hydrogen-bond donors (Lipinski definition) is 1. The second-order valence-electron chi connectivity index (χ2n) is 8.64. The molecule has 0 saturated carbocycles. The summed E-state index contributed by atoms with van der Waals surface area (Å²) in [5.41, 5.74) is 5.20. The van der Waals surface area contributed by atoms with Crippen LogP contribution < -0.4 is 10.1 Å². The second-order valence-corrected chi connectivity index (χ2v) is 9.48. The predicted octanol–water partition coefficient (Wildman–Crippen LogP) is 5.91. The van der Waals surface area contributed by atoms with Crippen LogP contribution in [-0.4, -0.2) is 37.6 Å². The van der Waals surface area contributed by atoms with Crippen molar-refractivity contribution in [1.29, 1.82) is 0 Å². The van der Waals surface area contributed by atoms with Crippen LogP contribution in [0.2, 0.25) is 10.0 Å². The fourth-order valence-electron chi connectivity index (χ4n) is 4.26. The summed E-state index contributed by atoms with van der Waals surface area (Å²) in [6.07, 6.45) is 1.73. The fourth-order valence-corrected chi connectivity index (χ4v) is 4.73. The van der Waals surface area contributed by atoms with Crippen LogP contribution in [0, 0.1) is 13.8 Å². The lowest BCUT2D eigenvalue weighted by Crippen LogP contribution is -2.20. The van der Waals surface area contributed by atoms with Crippen molar-refractivity contribution in [2.24, 2.45) is 0 Å². The molecule has 1 amide bonds. The Bertz CT molecular complexity index is 1610. The highest BCUT2D eigenvalue weighted by Gasteiger charge is 2.17. The van der Waals surface area contributed by atoms with Crippen LogP contribution in [-0.2, 0) is 17.9 Å². The molecule has 8 nitrogen and oxygen atoms in total. The topological polar surface area (TPSA) is 86.9 Å². The van der Waals surface area contributed by atoms with E-state index in [0.717, 1.165) is 39.2 Å². The Morgan fingerprint density at radius 2 is 1.78 bits per heavy atom. The highest BCUT2D eigenvalue weighted by atomic mass is 35.5. The number of nitrogens with one attached hydrogen (secondary N) is 1. The minimum Gasteiger partial charge on any atom is -0.497 e. The van der Waals surface area contributed by atoms with Crippen LogP contribution in [0.15, 0.2) is 60.8 Å². The van der Waals surface area contributed by atoms with Crippen molar-refractivity contribution in [2.75, 3.05) is 12.4 Å². The highest BCUT2D eigenvalue weighted by molar-refractivity contribution is 6.35. The monoisotopic (exact) mass is 534 g/mol. The SMILES string of the molecule is COc1ccc(-c2ccnc3c2c(C)nn3CC(=O)Nc2cc(C)n(Cc3ccc(Cl)cc3Cl)n2)cc1. The van der Waals surface area contributed by atoms with E-state index in [2.05, 4.69) is 20.5 Å². The maximum atomic E-state index is 12.9. The molecule has 0 saturated heterocycles. The van der Waals surface area contributed by atoms with E-state index in [4.69, 9.17) is 27.9 Å². The van der Waals surface area contributed by atoms with Gasteiger partial charge in [-0.3, -0.25) is 9.48 Å². The number of ether oxygens (including phenoxy) is 1. The molecule has 0 radical (unpaired) electrons. The van der Waals surface area contributed by atoms with E-state index < -0.39 is 0 Å². The summed E-state index contributed by atoms with van der Waals surface area (Å²) in [4.78, 5) is 17.4. The van der Waals surface area contributed by atoms with Crippen molar-refractivity contribution in [2.45, 2.75) is 26.9 Å². The van der Waals surface area contributed by atoms with E-state index in [9.17, 15) is 4.79 Å². The smallest absolute Gasteiger partial charge is 0.247 e. The summed E-state index contributed by atoms with van der Waals surface area (Å²) in [5.74, 6) is 0.981. The summed E-state index contributed by atoms with van der Waals surface area (Å²) < 4.78 is 8.66. The average molecular weight is 535 g/mol. The summed E-state index contributed by atoms with van der Waals surface area (Å²) >= 11 is 12.3. The molecule has 0 bridgehead atoms. The van der Waals surface area contributed by atoms with Crippen molar-refractivity contribution in [1.82, 2.24) is 24.5 Å². The zero-order chi connectivity index (χ0) is 26.1. The number of carbonyl (C=O) groups excluding carboxylic acids is 1. The first-order valence-corrected chi connectivity index (χ1v) is 12.3. The van der Waals surface area contributed by atoms with E-state index in [0.29, 0.717) is 28.1 Å². The van der Waals surface area contributed by atoms with Crippen LogP contribution in [0.25, 0.3) is 22.2 Å². The number of rotatable bonds is 7. The molecule has 5 rings (SSSR count). The third kappa shape index (κ3) is 5.16. The van der Waals surface area contributed by atoms with Crippen LogP contribution in [0.5, 0.6) is 5.75 Å². The number of nitrogens with zero attached hydrogens (tertiary/aromatic N) is 5. The largest absolute Gasteiger partial charge is 0.497 e. The molecule has 3 heterocycles. The van der Waals surface area contributed by atoms with Gasteiger partial charge in [-0.2, -0.15) is 10.2 Å². The van der Waals surface area contributed by atoms with Gasteiger partial charge in [0.05, 0.1) is 19.3 Å². The molecular formula is C27H24Cl2N6O2. The summed E-state index contributed by atoms with van der Waals surface area (Å²) in [5, 5.41) is 14.0. The van der Waals surface area contributed by atoms with E-state index in [1.54, 1.807) is 34.8 Å². The van der Waals surface area contributed by atoms with Crippen molar-refractivity contribution >= 4 is 46.0 Å². The molecule has 0 aliphatic carbocycles. The van der Waals surface area contributed by atoms with Gasteiger partial charge in [-0.15, -0.1) is 0 Å².